The molecule has 0 aromatic carbocycles. The highest BCUT2D eigenvalue weighted by atomic mass is 31.1. The molecule has 0 aliphatic rings. The summed E-state index contributed by atoms with van der Waals surface area (Å²) >= 11 is 0. The third-order valence-corrected chi connectivity index (χ3v) is 4.62. The Morgan fingerprint density at radius 2 is 2.07 bits per heavy atom. The Balaban J connectivity index is 3.66. The number of hydrogen-bond donors (Lipinski definition) is 1. The van der Waals surface area contributed by atoms with Gasteiger partial charge < -0.3 is 5.32 Å². The number of nitrogens with one attached hydrogen (secondary N) is 1. The van der Waals surface area contributed by atoms with Crippen molar-refractivity contribution in [1.82, 2.24) is 10.2 Å². The molecule has 1 atom stereocenters. The maximum Gasteiger partial charge on any atom is 0.0161 e. The monoisotopic (exact) mass is 230 g/mol. The molecule has 0 heterocycles. The molecule has 0 radical (unpaired) electrons. The van der Waals surface area contributed by atoms with Crippen LogP contribution in [0.3, 0.4) is 0 Å². The van der Waals surface area contributed by atoms with Gasteiger partial charge in [-0.25, -0.2) is 0 Å². The van der Waals surface area contributed by atoms with Gasteiger partial charge in [-0.2, -0.15) is 0 Å². The summed E-state index contributed by atoms with van der Waals surface area (Å²) in [6.45, 7) is 16.2. The van der Waals surface area contributed by atoms with Gasteiger partial charge >= 0.3 is 0 Å². The molecule has 0 saturated carbocycles. The van der Waals surface area contributed by atoms with Crippen molar-refractivity contribution >= 4 is 7.92 Å². The van der Waals surface area contributed by atoms with E-state index in [1.807, 2.05) is 6.08 Å². The zero-order valence-corrected chi connectivity index (χ0v) is 11.5. The molecule has 0 bridgehead atoms. The van der Waals surface area contributed by atoms with Crippen LogP contribution in [0.15, 0.2) is 12.7 Å². The van der Waals surface area contributed by atoms with Crippen molar-refractivity contribution in [2.45, 2.75) is 13.8 Å². The second-order valence-corrected chi connectivity index (χ2v) is 6.63. The summed E-state index contributed by atoms with van der Waals surface area (Å²) in [4.78, 5) is 2.49. The molecular weight excluding hydrogens is 203 g/mol. The van der Waals surface area contributed by atoms with Crippen LogP contribution in [0.1, 0.15) is 13.8 Å². The number of hydrogen-bond acceptors (Lipinski definition) is 2. The molecule has 0 saturated heterocycles. The van der Waals surface area contributed by atoms with Gasteiger partial charge in [-0.1, -0.05) is 19.9 Å². The molecule has 15 heavy (non-hydrogen) atoms. The standard InChI is InChI=1S/C12H27N2P/c1-5-9-14(10-8-13-6-2)11-12-15(4)7-3/h5,13H,1,6-12H2,2-4H3/t15-/m1/s1. The minimum Gasteiger partial charge on any atom is -0.316 e. The van der Waals surface area contributed by atoms with Crippen LogP contribution in [0.5, 0.6) is 0 Å². The van der Waals surface area contributed by atoms with E-state index < -0.39 is 0 Å². The van der Waals surface area contributed by atoms with Crippen LogP contribution < -0.4 is 5.32 Å². The lowest BCUT2D eigenvalue weighted by Crippen LogP contribution is -2.34. The quantitative estimate of drug-likeness (QED) is 0.352. The van der Waals surface area contributed by atoms with Crippen LogP contribution in [0, 0.1) is 0 Å². The predicted octanol–water partition coefficient (Wildman–Crippen LogP) is 2.22. The summed E-state index contributed by atoms with van der Waals surface area (Å²) in [5, 5.41) is 3.37. The van der Waals surface area contributed by atoms with Gasteiger partial charge in [-0.3, -0.25) is 4.90 Å². The topological polar surface area (TPSA) is 15.3 Å². The molecule has 0 spiro atoms. The van der Waals surface area contributed by atoms with E-state index >= 15 is 0 Å². The first kappa shape index (κ1) is 15.1. The summed E-state index contributed by atoms with van der Waals surface area (Å²) < 4.78 is 0. The van der Waals surface area contributed by atoms with E-state index in [0.29, 0.717) is 0 Å². The van der Waals surface area contributed by atoms with Crippen molar-refractivity contribution in [3.05, 3.63) is 12.7 Å². The Labute approximate surface area is 96.9 Å². The first-order valence-electron chi connectivity index (χ1n) is 5.97. The highest BCUT2D eigenvalue weighted by Crippen LogP contribution is 2.28. The van der Waals surface area contributed by atoms with Crippen LogP contribution in [0.2, 0.25) is 0 Å². The lowest BCUT2D eigenvalue weighted by atomic mass is 10.4. The third-order valence-electron chi connectivity index (χ3n) is 2.58. The zero-order chi connectivity index (χ0) is 11.5. The van der Waals surface area contributed by atoms with E-state index in [9.17, 15) is 0 Å². The first-order chi connectivity index (χ1) is 7.24. The third kappa shape index (κ3) is 9.04. The largest absolute Gasteiger partial charge is 0.316 e. The minimum atomic E-state index is 0.263. The van der Waals surface area contributed by atoms with Gasteiger partial charge in [-0.15, -0.1) is 14.5 Å². The summed E-state index contributed by atoms with van der Waals surface area (Å²) in [5.74, 6) is 0. The van der Waals surface area contributed by atoms with Gasteiger partial charge in [0, 0.05) is 26.2 Å². The van der Waals surface area contributed by atoms with Gasteiger partial charge in [0.1, 0.15) is 0 Å². The van der Waals surface area contributed by atoms with Crippen molar-refractivity contribution in [3.8, 4) is 0 Å². The van der Waals surface area contributed by atoms with Gasteiger partial charge in [0.05, 0.1) is 0 Å². The van der Waals surface area contributed by atoms with Crippen LogP contribution in [0.4, 0.5) is 0 Å². The van der Waals surface area contributed by atoms with E-state index in [2.05, 4.69) is 37.3 Å². The summed E-state index contributed by atoms with van der Waals surface area (Å²) in [7, 11) is 0.263. The molecule has 0 rings (SSSR count). The van der Waals surface area contributed by atoms with Crippen molar-refractivity contribution < 1.29 is 0 Å². The average molecular weight is 230 g/mol. The Morgan fingerprint density at radius 3 is 2.60 bits per heavy atom. The molecule has 0 unspecified atom stereocenters. The fraction of sp³-hybridized carbons (Fsp3) is 0.833. The second kappa shape index (κ2) is 10.6. The van der Waals surface area contributed by atoms with Crippen LogP contribution >= 0.6 is 7.92 Å². The van der Waals surface area contributed by atoms with Gasteiger partial charge in [0.15, 0.2) is 0 Å². The lowest BCUT2D eigenvalue weighted by Gasteiger charge is -2.22. The fourth-order valence-electron chi connectivity index (χ4n) is 1.36. The molecule has 2 nitrogen and oxygen atoms in total. The maximum atomic E-state index is 3.82. The molecule has 3 heteroatoms. The predicted molar refractivity (Wildman–Crippen MR) is 73.4 cm³/mol. The SMILES string of the molecule is C=CCN(CCNCC)CC[P@](C)CC. The van der Waals surface area contributed by atoms with Crippen LogP contribution in [-0.4, -0.2) is 56.6 Å². The molecule has 0 aromatic heterocycles. The minimum absolute atomic E-state index is 0.263. The maximum absolute atomic E-state index is 3.82. The second-order valence-electron chi connectivity index (χ2n) is 3.84. The molecule has 0 aliphatic heterocycles. The number of nitrogens with zero attached hydrogens (tertiary/aromatic N) is 1. The van der Waals surface area contributed by atoms with E-state index in [0.717, 1.165) is 26.2 Å². The van der Waals surface area contributed by atoms with E-state index in [-0.39, 0.29) is 7.92 Å². The highest BCUT2D eigenvalue weighted by Gasteiger charge is 2.04. The molecule has 1 N–H and O–H groups in total. The molecular formula is C12H27N2P. The number of rotatable bonds is 10. The van der Waals surface area contributed by atoms with Gasteiger partial charge in [-0.05, 0) is 25.5 Å². The molecule has 0 amide bonds. The molecule has 90 valence electrons. The van der Waals surface area contributed by atoms with Crippen molar-refractivity contribution in [1.29, 1.82) is 0 Å². The summed E-state index contributed by atoms with van der Waals surface area (Å²) in [6, 6.07) is 0. The smallest absolute Gasteiger partial charge is 0.0161 e. The van der Waals surface area contributed by atoms with Crippen molar-refractivity contribution in [3.63, 3.8) is 0 Å². The fourth-order valence-corrected chi connectivity index (χ4v) is 2.30. The first-order valence-corrected chi connectivity index (χ1v) is 8.13. The average Bonchev–Trinajstić information content (AvgIpc) is 2.25. The Kier molecular flexibility index (Phi) is 10.7. The summed E-state index contributed by atoms with van der Waals surface area (Å²) in [5.41, 5.74) is 0. The van der Waals surface area contributed by atoms with Gasteiger partial charge in [0.2, 0.25) is 0 Å². The Hall–Kier alpha value is 0.0900. The molecule has 0 aliphatic carbocycles. The normalized spacial score (nSPS) is 13.1. The zero-order valence-electron chi connectivity index (χ0n) is 10.6. The Morgan fingerprint density at radius 1 is 1.33 bits per heavy atom. The lowest BCUT2D eigenvalue weighted by molar-refractivity contribution is 0.320. The van der Waals surface area contributed by atoms with Crippen molar-refractivity contribution in [2.75, 3.05) is 51.7 Å². The van der Waals surface area contributed by atoms with Gasteiger partial charge in [0.25, 0.3) is 0 Å². The van der Waals surface area contributed by atoms with E-state index in [1.165, 1.54) is 18.9 Å². The van der Waals surface area contributed by atoms with Crippen LogP contribution in [-0.2, 0) is 0 Å². The summed E-state index contributed by atoms with van der Waals surface area (Å²) in [6.07, 6.45) is 4.73. The van der Waals surface area contributed by atoms with E-state index in [4.69, 9.17) is 0 Å². The molecule has 0 aromatic rings. The number of likely N-dealkylation sites (N-methyl/N-ethyl adjacent to an activating group) is 1. The van der Waals surface area contributed by atoms with E-state index in [1.54, 1.807) is 0 Å². The van der Waals surface area contributed by atoms with Crippen molar-refractivity contribution in [2.24, 2.45) is 0 Å². The van der Waals surface area contributed by atoms with Crippen LogP contribution in [0.25, 0.3) is 0 Å². The Bertz CT molecular complexity index is 151. The molecule has 0 fully saturated rings. The highest BCUT2D eigenvalue weighted by molar-refractivity contribution is 7.56.